The standard InChI is InChI=1S/C14H15F3N2O2/c1-2-7-19(13(20)21-10-14(15,16)17)9-12-5-3-11(8-18)4-6-12/h3-6H,2,7,9-10H2,1H3. The van der Waals surface area contributed by atoms with Crippen LogP contribution in [0.5, 0.6) is 0 Å². The van der Waals surface area contributed by atoms with Gasteiger partial charge in [-0.15, -0.1) is 0 Å². The van der Waals surface area contributed by atoms with Crippen molar-refractivity contribution in [2.24, 2.45) is 0 Å². The fraction of sp³-hybridized carbons (Fsp3) is 0.429. The molecule has 0 saturated heterocycles. The van der Waals surface area contributed by atoms with E-state index >= 15 is 0 Å². The Bertz CT molecular complexity index is 506. The molecule has 7 heteroatoms. The van der Waals surface area contributed by atoms with Crippen molar-refractivity contribution in [1.29, 1.82) is 5.26 Å². The maximum Gasteiger partial charge on any atom is 0.422 e. The van der Waals surface area contributed by atoms with Gasteiger partial charge in [0.15, 0.2) is 6.61 Å². The minimum absolute atomic E-state index is 0.135. The van der Waals surface area contributed by atoms with Crippen LogP contribution in [0.3, 0.4) is 0 Å². The Morgan fingerprint density at radius 1 is 1.33 bits per heavy atom. The van der Waals surface area contributed by atoms with Crippen LogP contribution in [-0.2, 0) is 11.3 Å². The molecule has 21 heavy (non-hydrogen) atoms. The van der Waals surface area contributed by atoms with Crippen LogP contribution < -0.4 is 0 Å². The third kappa shape index (κ3) is 6.17. The molecule has 0 bridgehead atoms. The van der Waals surface area contributed by atoms with Gasteiger partial charge in [-0.25, -0.2) is 4.79 Å². The summed E-state index contributed by atoms with van der Waals surface area (Å²) in [5.74, 6) is 0. The van der Waals surface area contributed by atoms with Crippen LogP contribution in [0.25, 0.3) is 0 Å². The zero-order valence-electron chi connectivity index (χ0n) is 11.5. The zero-order valence-corrected chi connectivity index (χ0v) is 11.5. The summed E-state index contributed by atoms with van der Waals surface area (Å²) in [6.45, 7) is 0.634. The van der Waals surface area contributed by atoms with Crippen LogP contribution in [0.15, 0.2) is 24.3 Å². The van der Waals surface area contributed by atoms with Gasteiger partial charge in [0.05, 0.1) is 11.6 Å². The van der Waals surface area contributed by atoms with E-state index < -0.39 is 18.9 Å². The highest BCUT2D eigenvalue weighted by Gasteiger charge is 2.30. The normalized spacial score (nSPS) is 10.8. The predicted molar refractivity (Wildman–Crippen MR) is 69.3 cm³/mol. The van der Waals surface area contributed by atoms with Crippen LogP contribution in [0.1, 0.15) is 24.5 Å². The number of alkyl halides is 3. The minimum Gasteiger partial charge on any atom is -0.440 e. The van der Waals surface area contributed by atoms with Crippen LogP contribution in [0.4, 0.5) is 18.0 Å². The van der Waals surface area contributed by atoms with E-state index in [2.05, 4.69) is 4.74 Å². The van der Waals surface area contributed by atoms with Gasteiger partial charge < -0.3 is 9.64 Å². The highest BCUT2D eigenvalue weighted by atomic mass is 19.4. The van der Waals surface area contributed by atoms with E-state index in [1.165, 1.54) is 4.90 Å². The van der Waals surface area contributed by atoms with Crippen molar-refractivity contribution in [2.75, 3.05) is 13.2 Å². The number of benzene rings is 1. The molecule has 1 aromatic rings. The van der Waals surface area contributed by atoms with Gasteiger partial charge in [-0.2, -0.15) is 18.4 Å². The van der Waals surface area contributed by atoms with Crippen molar-refractivity contribution < 1.29 is 22.7 Å². The van der Waals surface area contributed by atoms with Crippen LogP contribution in [0.2, 0.25) is 0 Å². The number of hydrogen-bond donors (Lipinski definition) is 0. The molecule has 0 spiro atoms. The molecule has 1 aromatic carbocycles. The van der Waals surface area contributed by atoms with Gasteiger partial charge >= 0.3 is 12.3 Å². The van der Waals surface area contributed by atoms with Crippen LogP contribution in [0, 0.1) is 11.3 Å². The third-order valence-corrected chi connectivity index (χ3v) is 2.57. The maximum atomic E-state index is 12.0. The molecule has 0 unspecified atom stereocenters. The number of nitriles is 1. The van der Waals surface area contributed by atoms with Crippen molar-refractivity contribution in [3.63, 3.8) is 0 Å². The number of carbonyl (C=O) groups is 1. The minimum atomic E-state index is -4.54. The first-order chi connectivity index (χ1) is 9.85. The van der Waals surface area contributed by atoms with Gasteiger partial charge in [0.2, 0.25) is 0 Å². The molecule has 0 aromatic heterocycles. The molecule has 0 N–H and O–H groups in total. The van der Waals surface area contributed by atoms with E-state index in [4.69, 9.17) is 5.26 Å². The molecule has 1 amide bonds. The summed E-state index contributed by atoms with van der Waals surface area (Å²) in [7, 11) is 0. The molecular weight excluding hydrogens is 285 g/mol. The monoisotopic (exact) mass is 300 g/mol. The van der Waals surface area contributed by atoms with Crippen LogP contribution in [-0.4, -0.2) is 30.3 Å². The Balaban J connectivity index is 2.67. The van der Waals surface area contributed by atoms with E-state index in [1.54, 1.807) is 24.3 Å². The molecule has 0 aliphatic heterocycles. The van der Waals surface area contributed by atoms with Gasteiger partial charge in [-0.3, -0.25) is 0 Å². The topological polar surface area (TPSA) is 53.3 Å². The number of carbonyl (C=O) groups excluding carboxylic acids is 1. The number of nitrogens with zero attached hydrogens (tertiary/aromatic N) is 2. The smallest absolute Gasteiger partial charge is 0.422 e. The summed E-state index contributed by atoms with van der Waals surface area (Å²) in [6, 6.07) is 8.43. The summed E-state index contributed by atoms with van der Waals surface area (Å²) in [5, 5.41) is 8.69. The summed E-state index contributed by atoms with van der Waals surface area (Å²) in [4.78, 5) is 12.9. The third-order valence-electron chi connectivity index (χ3n) is 2.57. The van der Waals surface area contributed by atoms with Crippen molar-refractivity contribution in [1.82, 2.24) is 4.90 Å². The Kier molecular flexibility index (Phi) is 6.03. The lowest BCUT2D eigenvalue weighted by molar-refractivity contribution is -0.162. The first-order valence-corrected chi connectivity index (χ1v) is 6.33. The molecule has 0 aliphatic rings. The SMILES string of the molecule is CCCN(Cc1ccc(C#N)cc1)C(=O)OCC(F)(F)F. The maximum absolute atomic E-state index is 12.0. The molecular formula is C14H15F3N2O2. The van der Waals surface area contributed by atoms with E-state index in [-0.39, 0.29) is 13.1 Å². The summed E-state index contributed by atoms with van der Waals surface area (Å²) >= 11 is 0. The molecule has 0 aliphatic carbocycles. The van der Waals surface area contributed by atoms with Crippen molar-refractivity contribution in [2.45, 2.75) is 26.1 Å². The molecule has 0 radical (unpaired) electrons. The van der Waals surface area contributed by atoms with Crippen LogP contribution >= 0.6 is 0 Å². The zero-order chi connectivity index (χ0) is 15.9. The summed E-state index contributed by atoms with van der Waals surface area (Å²) < 4.78 is 40.4. The molecule has 4 nitrogen and oxygen atoms in total. The van der Waals surface area contributed by atoms with E-state index in [9.17, 15) is 18.0 Å². The first kappa shape index (κ1) is 16.8. The Labute approximate surface area is 120 Å². The Hall–Kier alpha value is -2.23. The second kappa shape index (κ2) is 7.53. The van der Waals surface area contributed by atoms with Crippen molar-refractivity contribution >= 4 is 6.09 Å². The van der Waals surface area contributed by atoms with E-state index in [0.717, 1.165) is 0 Å². The number of hydrogen-bond acceptors (Lipinski definition) is 3. The largest absolute Gasteiger partial charge is 0.440 e. The van der Waals surface area contributed by atoms with E-state index in [1.807, 2.05) is 13.0 Å². The fourth-order valence-electron chi connectivity index (χ4n) is 1.64. The molecule has 0 saturated carbocycles. The molecule has 0 heterocycles. The highest BCUT2D eigenvalue weighted by molar-refractivity contribution is 5.67. The second-order valence-electron chi connectivity index (χ2n) is 4.40. The van der Waals surface area contributed by atoms with Crippen molar-refractivity contribution in [3.05, 3.63) is 35.4 Å². The van der Waals surface area contributed by atoms with E-state index in [0.29, 0.717) is 17.5 Å². The van der Waals surface area contributed by atoms with Gasteiger partial charge in [-0.1, -0.05) is 19.1 Å². The lowest BCUT2D eigenvalue weighted by Crippen LogP contribution is -2.34. The molecule has 1 rings (SSSR count). The lowest BCUT2D eigenvalue weighted by Gasteiger charge is -2.22. The number of halogens is 3. The predicted octanol–water partition coefficient (Wildman–Crippen LogP) is 3.47. The number of ether oxygens (including phenoxy) is 1. The van der Waals surface area contributed by atoms with Gasteiger partial charge in [0, 0.05) is 13.1 Å². The second-order valence-corrected chi connectivity index (χ2v) is 4.40. The summed E-state index contributed by atoms with van der Waals surface area (Å²) in [6.07, 6.45) is -4.95. The quantitative estimate of drug-likeness (QED) is 0.836. The fourth-order valence-corrected chi connectivity index (χ4v) is 1.64. The number of rotatable bonds is 5. The van der Waals surface area contributed by atoms with Gasteiger partial charge in [0.25, 0.3) is 0 Å². The molecule has 0 fully saturated rings. The lowest BCUT2D eigenvalue weighted by atomic mass is 10.1. The van der Waals surface area contributed by atoms with Gasteiger partial charge in [0.1, 0.15) is 0 Å². The molecule has 114 valence electrons. The Morgan fingerprint density at radius 2 is 1.95 bits per heavy atom. The number of amides is 1. The van der Waals surface area contributed by atoms with Crippen molar-refractivity contribution in [3.8, 4) is 6.07 Å². The average Bonchev–Trinajstić information content (AvgIpc) is 2.44. The van der Waals surface area contributed by atoms with Gasteiger partial charge in [-0.05, 0) is 24.1 Å². The Morgan fingerprint density at radius 3 is 2.43 bits per heavy atom. The summed E-state index contributed by atoms with van der Waals surface area (Å²) in [5.41, 5.74) is 1.19. The molecule has 0 atom stereocenters. The highest BCUT2D eigenvalue weighted by Crippen LogP contribution is 2.16. The first-order valence-electron chi connectivity index (χ1n) is 6.33. The average molecular weight is 300 g/mol.